The van der Waals surface area contributed by atoms with Gasteiger partial charge < -0.3 is 10.4 Å². The molecule has 1 rings (SSSR count). The van der Waals surface area contributed by atoms with Crippen LogP contribution in [0, 0.1) is 5.41 Å². The fraction of sp³-hybridized carbons (Fsp3) is 1.00. The zero-order chi connectivity index (χ0) is 11.5. The lowest BCUT2D eigenvalue weighted by Crippen LogP contribution is -2.50. The third-order valence-electron chi connectivity index (χ3n) is 2.96. The maximum Gasteiger partial charge on any atom is 0.282 e. The molecular formula is C10H19F2NOS. The van der Waals surface area contributed by atoms with E-state index in [1.807, 2.05) is 0 Å². The molecule has 0 aromatic heterocycles. The summed E-state index contributed by atoms with van der Waals surface area (Å²) in [5, 5.41) is 11.3. The fourth-order valence-corrected chi connectivity index (χ4v) is 3.24. The molecular weight excluding hydrogens is 220 g/mol. The molecule has 1 fully saturated rings. The third-order valence-corrected chi connectivity index (χ3v) is 4.02. The summed E-state index contributed by atoms with van der Waals surface area (Å²) in [6, 6.07) is 0.105. The molecule has 0 amide bonds. The zero-order valence-electron chi connectivity index (χ0n) is 9.22. The minimum absolute atomic E-state index is 0.0663. The number of hydrogen-bond acceptors (Lipinski definition) is 3. The largest absolute Gasteiger partial charge is 0.390 e. The van der Waals surface area contributed by atoms with E-state index in [1.165, 1.54) is 0 Å². The molecule has 90 valence electrons. The van der Waals surface area contributed by atoms with E-state index in [-0.39, 0.29) is 11.5 Å². The summed E-state index contributed by atoms with van der Waals surface area (Å²) in [6.07, 6.45) is 1.04. The smallest absolute Gasteiger partial charge is 0.282 e. The van der Waals surface area contributed by atoms with E-state index in [9.17, 15) is 8.78 Å². The van der Waals surface area contributed by atoms with Crippen LogP contribution in [0.2, 0.25) is 0 Å². The third kappa shape index (κ3) is 3.89. The van der Waals surface area contributed by atoms with E-state index < -0.39 is 19.1 Å². The Morgan fingerprint density at radius 1 is 1.53 bits per heavy atom. The second kappa shape index (κ2) is 4.97. The number of aliphatic hydroxyl groups excluding tert-OH is 1. The number of rotatable bonds is 4. The highest BCUT2D eigenvalue weighted by atomic mass is 32.2. The van der Waals surface area contributed by atoms with Crippen molar-refractivity contribution in [1.82, 2.24) is 5.32 Å². The first kappa shape index (κ1) is 13.2. The first-order valence-corrected chi connectivity index (χ1v) is 6.33. The Kier molecular flexibility index (Phi) is 4.38. The molecule has 1 unspecified atom stereocenters. The van der Waals surface area contributed by atoms with Gasteiger partial charge in [0.05, 0.1) is 6.54 Å². The monoisotopic (exact) mass is 239 g/mol. The van der Waals surface area contributed by atoms with Crippen molar-refractivity contribution in [3.63, 3.8) is 0 Å². The second-order valence-electron chi connectivity index (χ2n) is 4.76. The zero-order valence-corrected chi connectivity index (χ0v) is 10.0. The van der Waals surface area contributed by atoms with Crippen LogP contribution in [0.1, 0.15) is 20.3 Å². The number of thioether (sulfide) groups is 1. The van der Waals surface area contributed by atoms with Crippen LogP contribution in [0.15, 0.2) is 0 Å². The topological polar surface area (TPSA) is 32.3 Å². The Morgan fingerprint density at radius 2 is 2.20 bits per heavy atom. The Balaban J connectivity index is 2.43. The molecule has 1 heterocycles. The predicted molar refractivity (Wildman–Crippen MR) is 59.5 cm³/mol. The van der Waals surface area contributed by atoms with Crippen LogP contribution in [0.5, 0.6) is 0 Å². The molecule has 0 aliphatic carbocycles. The lowest BCUT2D eigenvalue weighted by atomic mass is 9.82. The molecule has 1 aliphatic rings. The number of nitrogens with one attached hydrogen (secondary N) is 1. The minimum atomic E-state index is -3.00. The Bertz CT molecular complexity index is 212. The van der Waals surface area contributed by atoms with Crippen LogP contribution < -0.4 is 5.32 Å². The van der Waals surface area contributed by atoms with Crippen LogP contribution in [-0.2, 0) is 0 Å². The SMILES string of the molecule is CC1(C)CCSCC1NCC(F)(F)CO. The normalized spacial score (nSPS) is 26.6. The molecule has 2 N–H and O–H groups in total. The first-order chi connectivity index (χ1) is 6.87. The van der Waals surface area contributed by atoms with Crippen molar-refractivity contribution >= 4 is 11.8 Å². The molecule has 2 nitrogen and oxygen atoms in total. The van der Waals surface area contributed by atoms with Crippen molar-refractivity contribution in [1.29, 1.82) is 0 Å². The Labute approximate surface area is 93.8 Å². The fourth-order valence-electron chi connectivity index (χ4n) is 1.60. The molecule has 1 atom stereocenters. The number of halogens is 2. The molecule has 15 heavy (non-hydrogen) atoms. The highest BCUT2D eigenvalue weighted by Crippen LogP contribution is 2.34. The van der Waals surface area contributed by atoms with E-state index in [0.29, 0.717) is 0 Å². The molecule has 1 aliphatic heterocycles. The van der Waals surface area contributed by atoms with Crippen molar-refractivity contribution in [3.8, 4) is 0 Å². The molecule has 1 saturated heterocycles. The summed E-state index contributed by atoms with van der Waals surface area (Å²) in [7, 11) is 0. The van der Waals surface area contributed by atoms with Gasteiger partial charge in [0.1, 0.15) is 6.61 Å². The van der Waals surface area contributed by atoms with Gasteiger partial charge in [0.15, 0.2) is 0 Å². The molecule has 5 heteroatoms. The highest BCUT2D eigenvalue weighted by Gasteiger charge is 2.35. The molecule has 0 aromatic rings. The van der Waals surface area contributed by atoms with Gasteiger partial charge in [0, 0.05) is 11.8 Å². The van der Waals surface area contributed by atoms with Crippen molar-refractivity contribution in [2.45, 2.75) is 32.2 Å². The summed E-state index contributed by atoms with van der Waals surface area (Å²) >= 11 is 1.79. The molecule has 0 aromatic carbocycles. The second-order valence-corrected chi connectivity index (χ2v) is 5.91. The molecule has 0 spiro atoms. The lowest BCUT2D eigenvalue weighted by molar-refractivity contribution is -0.0513. The van der Waals surface area contributed by atoms with Gasteiger partial charge in [-0.3, -0.25) is 0 Å². The first-order valence-electron chi connectivity index (χ1n) is 5.17. The number of alkyl halides is 2. The lowest BCUT2D eigenvalue weighted by Gasteiger charge is -2.39. The molecule has 0 radical (unpaired) electrons. The van der Waals surface area contributed by atoms with Crippen molar-refractivity contribution in [3.05, 3.63) is 0 Å². The standard InChI is InChI=1S/C10H19F2NOS/c1-9(2)3-4-15-5-8(9)13-6-10(11,12)7-14/h8,13-14H,3-7H2,1-2H3. The maximum absolute atomic E-state index is 12.8. The Hall–Kier alpha value is 0.130. The Morgan fingerprint density at radius 3 is 2.73 bits per heavy atom. The van der Waals surface area contributed by atoms with Crippen molar-refractivity contribution in [2.75, 3.05) is 24.7 Å². The van der Waals surface area contributed by atoms with Gasteiger partial charge in [-0.15, -0.1) is 0 Å². The summed E-state index contributed by atoms with van der Waals surface area (Å²) in [5.41, 5.74) is 0.0663. The summed E-state index contributed by atoms with van der Waals surface area (Å²) in [5.74, 6) is -1.03. The summed E-state index contributed by atoms with van der Waals surface area (Å²) < 4.78 is 25.7. The van der Waals surface area contributed by atoms with Crippen LogP contribution in [0.25, 0.3) is 0 Å². The van der Waals surface area contributed by atoms with E-state index in [2.05, 4.69) is 19.2 Å². The summed E-state index contributed by atoms with van der Waals surface area (Å²) in [6.45, 7) is 2.68. The number of hydrogen-bond donors (Lipinski definition) is 2. The molecule has 0 saturated carbocycles. The number of aliphatic hydroxyl groups is 1. The predicted octanol–water partition coefficient (Wildman–Crippen LogP) is 1.74. The van der Waals surface area contributed by atoms with Crippen LogP contribution in [0.4, 0.5) is 8.78 Å². The van der Waals surface area contributed by atoms with Gasteiger partial charge in [0.2, 0.25) is 0 Å². The van der Waals surface area contributed by atoms with Crippen molar-refractivity contribution in [2.24, 2.45) is 5.41 Å². The van der Waals surface area contributed by atoms with Crippen LogP contribution in [-0.4, -0.2) is 41.7 Å². The van der Waals surface area contributed by atoms with Gasteiger partial charge in [-0.1, -0.05) is 13.8 Å². The minimum Gasteiger partial charge on any atom is -0.390 e. The van der Waals surface area contributed by atoms with E-state index >= 15 is 0 Å². The average Bonchev–Trinajstić information content (AvgIpc) is 2.16. The quantitative estimate of drug-likeness (QED) is 0.783. The van der Waals surface area contributed by atoms with Gasteiger partial charge in [-0.05, 0) is 17.6 Å². The van der Waals surface area contributed by atoms with Gasteiger partial charge in [-0.25, -0.2) is 8.78 Å². The van der Waals surface area contributed by atoms with E-state index in [0.717, 1.165) is 17.9 Å². The van der Waals surface area contributed by atoms with Crippen LogP contribution in [0.3, 0.4) is 0 Å². The van der Waals surface area contributed by atoms with Gasteiger partial charge in [0.25, 0.3) is 5.92 Å². The van der Waals surface area contributed by atoms with Crippen LogP contribution >= 0.6 is 11.8 Å². The van der Waals surface area contributed by atoms with Crippen molar-refractivity contribution < 1.29 is 13.9 Å². The average molecular weight is 239 g/mol. The molecule has 0 bridgehead atoms. The van der Waals surface area contributed by atoms with Gasteiger partial charge >= 0.3 is 0 Å². The van der Waals surface area contributed by atoms with E-state index in [1.54, 1.807) is 11.8 Å². The maximum atomic E-state index is 12.8. The van der Waals surface area contributed by atoms with E-state index in [4.69, 9.17) is 5.11 Å². The highest BCUT2D eigenvalue weighted by molar-refractivity contribution is 7.99. The van der Waals surface area contributed by atoms with Gasteiger partial charge in [-0.2, -0.15) is 11.8 Å². The summed E-state index contributed by atoms with van der Waals surface area (Å²) in [4.78, 5) is 0.